The van der Waals surface area contributed by atoms with Crippen molar-refractivity contribution in [3.05, 3.63) is 65.0 Å². The number of nitrogens with zero attached hydrogens (tertiary/aromatic N) is 1. The van der Waals surface area contributed by atoms with Crippen LogP contribution in [0.25, 0.3) is 11.5 Å². The third-order valence-electron chi connectivity index (χ3n) is 4.70. The molecule has 32 heavy (non-hydrogen) atoms. The molecular weight excluding hydrogens is 443 g/mol. The van der Waals surface area contributed by atoms with E-state index in [9.17, 15) is 18.0 Å². The number of hydrogen-bond donors (Lipinski definition) is 1. The van der Waals surface area contributed by atoms with Crippen LogP contribution in [0, 0.1) is 6.92 Å². The fourth-order valence-electron chi connectivity index (χ4n) is 3.11. The summed E-state index contributed by atoms with van der Waals surface area (Å²) in [6.45, 7) is 5.33. The van der Waals surface area contributed by atoms with E-state index >= 15 is 0 Å². The number of hydrogen-bond acceptors (Lipinski definition) is 5. The van der Waals surface area contributed by atoms with Gasteiger partial charge in [-0.15, -0.1) is 11.8 Å². The van der Waals surface area contributed by atoms with Gasteiger partial charge in [0.2, 0.25) is 5.89 Å². The Bertz CT molecular complexity index is 1090. The number of halogens is 3. The lowest BCUT2D eigenvalue weighted by Gasteiger charge is -2.12. The van der Waals surface area contributed by atoms with E-state index in [0.29, 0.717) is 23.5 Å². The molecule has 1 aromatic heterocycles. The lowest BCUT2D eigenvalue weighted by molar-refractivity contribution is -0.139. The highest BCUT2D eigenvalue weighted by Gasteiger charge is 2.30. The Morgan fingerprint density at radius 2 is 1.91 bits per heavy atom. The van der Waals surface area contributed by atoms with Crippen molar-refractivity contribution in [1.29, 1.82) is 0 Å². The van der Waals surface area contributed by atoms with Crippen molar-refractivity contribution >= 4 is 17.7 Å². The zero-order valence-corrected chi connectivity index (χ0v) is 18.5. The second kappa shape index (κ2) is 9.68. The van der Waals surface area contributed by atoms with Crippen molar-refractivity contribution in [2.45, 2.75) is 43.5 Å². The third kappa shape index (κ3) is 5.64. The molecule has 0 saturated carbocycles. The van der Waals surface area contributed by atoms with Gasteiger partial charge >= 0.3 is 12.1 Å². The average Bonchev–Trinajstić information content (AvgIpc) is 3.17. The van der Waals surface area contributed by atoms with E-state index in [1.54, 1.807) is 6.07 Å². The Hall–Kier alpha value is -2.94. The molecule has 0 amide bonds. The maximum atomic E-state index is 12.8. The second-order valence-corrected chi connectivity index (χ2v) is 8.54. The van der Waals surface area contributed by atoms with E-state index in [1.807, 2.05) is 32.9 Å². The maximum absolute atomic E-state index is 12.8. The van der Waals surface area contributed by atoms with Gasteiger partial charge in [0.25, 0.3) is 0 Å². The molecule has 1 N–H and O–H groups in total. The predicted octanol–water partition coefficient (Wildman–Crippen LogP) is 6.55. The van der Waals surface area contributed by atoms with E-state index < -0.39 is 24.3 Å². The summed E-state index contributed by atoms with van der Waals surface area (Å²) in [5.41, 5.74) is 1.31. The summed E-state index contributed by atoms with van der Waals surface area (Å²) in [6, 6.07) is 10.2. The van der Waals surface area contributed by atoms with Crippen molar-refractivity contribution in [3.8, 4) is 17.2 Å². The molecule has 9 heteroatoms. The summed E-state index contributed by atoms with van der Waals surface area (Å²) < 4.78 is 49.7. The smallest absolute Gasteiger partial charge is 0.416 e. The first-order valence-electron chi connectivity index (χ1n) is 9.87. The minimum atomic E-state index is -4.40. The van der Waals surface area contributed by atoms with E-state index in [4.69, 9.17) is 14.3 Å². The van der Waals surface area contributed by atoms with E-state index in [2.05, 4.69) is 4.98 Å². The van der Waals surface area contributed by atoms with Gasteiger partial charge in [0, 0.05) is 10.5 Å². The molecule has 0 fully saturated rings. The number of aromatic nitrogens is 1. The summed E-state index contributed by atoms with van der Waals surface area (Å²) in [7, 11) is 0. The molecular formula is C23H22F3NO4S. The number of carboxylic acid groups (broad SMARTS) is 1. The summed E-state index contributed by atoms with van der Waals surface area (Å²) in [6.07, 6.45) is -3.78. The summed E-state index contributed by atoms with van der Waals surface area (Å²) in [5, 5.41) is 8.65. The lowest BCUT2D eigenvalue weighted by Crippen LogP contribution is -2.10. The number of thioether (sulfide) groups is 1. The Labute approximate surface area is 187 Å². The Morgan fingerprint density at radius 3 is 2.47 bits per heavy atom. The quantitative estimate of drug-likeness (QED) is 0.381. The first kappa shape index (κ1) is 23.7. The van der Waals surface area contributed by atoms with Crippen LogP contribution in [0.4, 0.5) is 13.2 Å². The monoisotopic (exact) mass is 465 g/mol. The van der Waals surface area contributed by atoms with Crippen molar-refractivity contribution in [3.63, 3.8) is 0 Å². The highest BCUT2D eigenvalue weighted by atomic mass is 32.2. The minimum absolute atomic E-state index is 0.106. The van der Waals surface area contributed by atoms with Gasteiger partial charge in [0.05, 0.1) is 16.5 Å². The number of rotatable bonds is 8. The SMILES string of the molecule is CCc1nc(-c2ccc(C(F)(F)F)cc2)oc1C(C)Sc1ccc(OCC(=O)O)c(C)c1. The van der Waals surface area contributed by atoms with Gasteiger partial charge in [-0.3, -0.25) is 0 Å². The number of carboxylic acids is 1. The van der Waals surface area contributed by atoms with E-state index in [1.165, 1.54) is 23.9 Å². The summed E-state index contributed by atoms with van der Waals surface area (Å²) in [5.74, 6) is 0.406. The molecule has 170 valence electrons. The van der Waals surface area contributed by atoms with Gasteiger partial charge in [-0.05, 0) is 68.3 Å². The molecule has 0 radical (unpaired) electrons. The minimum Gasteiger partial charge on any atom is -0.482 e. The van der Waals surface area contributed by atoms with Crippen molar-refractivity contribution < 1.29 is 32.2 Å². The van der Waals surface area contributed by atoms with Crippen molar-refractivity contribution in [2.24, 2.45) is 0 Å². The van der Waals surface area contributed by atoms with Crippen LogP contribution in [0.2, 0.25) is 0 Å². The fraction of sp³-hybridized carbons (Fsp3) is 0.304. The van der Waals surface area contributed by atoms with Crippen LogP contribution in [0.1, 0.15) is 41.7 Å². The van der Waals surface area contributed by atoms with Crippen LogP contribution in [-0.4, -0.2) is 22.7 Å². The van der Waals surface area contributed by atoms with Gasteiger partial charge in [-0.2, -0.15) is 13.2 Å². The molecule has 0 aliphatic carbocycles. The number of benzene rings is 2. The zero-order valence-electron chi connectivity index (χ0n) is 17.7. The zero-order chi connectivity index (χ0) is 23.5. The van der Waals surface area contributed by atoms with E-state index in [-0.39, 0.29) is 11.1 Å². The van der Waals surface area contributed by atoms with Crippen molar-refractivity contribution in [2.75, 3.05) is 6.61 Å². The molecule has 1 atom stereocenters. The Balaban J connectivity index is 1.78. The van der Waals surface area contributed by atoms with Gasteiger partial charge in [0.1, 0.15) is 11.5 Å². The molecule has 3 aromatic rings. The molecule has 0 spiro atoms. The number of ether oxygens (including phenoxy) is 1. The van der Waals surface area contributed by atoms with Crippen LogP contribution in [0.15, 0.2) is 51.8 Å². The molecule has 0 saturated heterocycles. The molecule has 1 unspecified atom stereocenters. The highest BCUT2D eigenvalue weighted by Crippen LogP contribution is 2.40. The van der Waals surface area contributed by atoms with Gasteiger partial charge in [-0.1, -0.05) is 6.92 Å². The molecule has 0 aliphatic rings. The number of carbonyl (C=O) groups is 1. The third-order valence-corrected chi connectivity index (χ3v) is 5.79. The second-order valence-electron chi connectivity index (χ2n) is 7.13. The molecule has 2 aromatic carbocycles. The predicted molar refractivity (Wildman–Crippen MR) is 115 cm³/mol. The number of alkyl halides is 3. The number of aryl methyl sites for hydroxylation is 2. The maximum Gasteiger partial charge on any atom is 0.416 e. The van der Waals surface area contributed by atoms with Crippen LogP contribution in [0.3, 0.4) is 0 Å². The van der Waals surface area contributed by atoms with Gasteiger partial charge < -0.3 is 14.3 Å². The standard InChI is InChI=1S/C23H22F3NO4S/c1-4-18-21(31-22(27-18)15-5-7-16(8-6-15)23(24,25)26)14(3)32-17-9-10-19(13(2)11-17)30-12-20(28)29/h5-11,14H,4,12H2,1-3H3,(H,28,29). The summed E-state index contributed by atoms with van der Waals surface area (Å²) in [4.78, 5) is 16.1. The lowest BCUT2D eigenvalue weighted by atomic mass is 10.1. The fourth-order valence-corrected chi connectivity index (χ4v) is 4.20. The molecule has 5 nitrogen and oxygen atoms in total. The largest absolute Gasteiger partial charge is 0.482 e. The van der Waals surface area contributed by atoms with Crippen LogP contribution >= 0.6 is 11.8 Å². The molecule has 0 aliphatic heterocycles. The summed E-state index contributed by atoms with van der Waals surface area (Å²) >= 11 is 1.53. The van der Waals surface area contributed by atoms with E-state index in [0.717, 1.165) is 28.3 Å². The van der Waals surface area contributed by atoms with Gasteiger partial charge in [0.15, 0.2) is 6.61 Å². The molecule has 0 bridgehead atoms. The highest BCUT2D eigenvalue weighted by molar-refractivity contribution is 7.99. The topological polar surface area (TPSA) is 72.6 Å². The molecule has 3 rings (SSSR count). The number of aliphatic carboxylic acids is 1. The van der Waals surface area contributed by atoms with Crippen LogP contribution in [-0.2, 0) is 17.4 Å². The normalized spacial score (nSPS) is 12.6. The molecule has 1 heterocycles. The Morgan fingerprint density at radius 1 is 1.22 bits per heavy atom. The first-order valence-corrected chi connectivity index (χ1v) is 10.8. The number of oxazole rings is 1. The van der Waals surface area contributed by atoms with Crippen LogP contribution < -0.4 is 4.74 Å². The van der Waals surface area contributed by atoms with Gasteiger partial charge in [-0.25, -0.2) is 9.78 Å². The van der Waals surface area contributed by atoms with Crippen molar-refractivity contribution in [1.82, 2.24) is 4.98 Å². The van der Waals surface area contributed by atoms with Crippen LogP contribution in [0.5, 0.6) is 5.75 Å². The average molecular weight is 465 g/mol. The Kier molecular flexibility index (Phi) is 7.18. The first-order chi connectivity index (χ1) is 15.1.